The lowest BCUT2D eigenvalue weighted by atomic mass is 9.98. The van der Waals surface area contributed by atoms with E-state index in [1.807, 2.05) is 6.92 Å². The Morgan fingerprint density at radius 3 is 2.57 bits per heavy atom. The molecule has 128 valence electrons. The number of hydrogen-bond donors (Lipinski definition) is 5. The molecule has 0 radical (unpaired) electrons. The molecule has 1 heterocycles. The highest BCUT2D eigenvalue weighted by Crippen LogP contribution is 2.09. The van der Waals surface area contributed by atoms with Gasteiger partial charge in [0.25, 0.3) is 0 Å². The molecule has 1 aromatic rings. The predicted octanol–water partition coefficient (Wildman–Crippen LogP) is -0.989. The first-order chi connectivity index (χ1) is 10.9. The molecule has 0 spiro atoms. The van der Waals surface area contributed by atoms with Crippen molar-refractivity contribution in [1.29, 1.82) is 0 Å². The number of rotatable bonds is 9. The van der Waals surface area contributed by atoms with Crippen LogP contribution in [0.15, 0.2) is 12.5 Å². The van der Waals surface area contributed by atoms with E-state index < -0.39 is 29.9 Å². The normalized spacial score (nSPS) is 14.6. The van der Waals surface area contributed by atoms with Gasteiger partial charge in [-0.15, -0.1) is 0 Å². The molecule has 0 aliphatic rings. The van der Waals surface area contributed by atoms with E-state index in [1.165, 1.54) is 12.5 Å². The molecule has 2 amide bonds. The molecular formula is C14H23N5O4. The van der Waals surface area contributed by atoms with Crippen LogP contribution in [0.4, 0.5) is 0 Å². The van der Waals surface area contributed by atoms with Gasteiger partial charge in [0.05, 0.1) is 12.9 Å². The molecule has 0 aliphatic heterocycles. The minimum Gasteiger partial charge on any atom is -0.480 e. The minimum absolute atomic E-state index is 0.157. The molecule has 0 aromatic carbocycles. The van der Waals surface area contributed by atoms with Crippen LogP contribution >= 0.6 is 0 Å². The second-order valence-electron chi connectivity index (χ2n) is 5.32. The zero-order valence-corrected chi connectivity index (χ0v) is 13.2. The van der Waals surface area contributed by atoms with E-state index in [4.69, 9.17) is 5.73 Å². The van der Waals surface area contributed by atoms with Gasteiger partial charge in [0, 0.05) is 18.3 Å². The highest BCUT2D eigenvalue weighted by Gasteiger charge is 2.29. The van der Waals surface area contributed by atoms with Crippen molar-refractivity contribution in [3.05, 3.63) is 18.2 Å². The van der Waals surface area contributed by atoms with Gasteiger partial charge in [-0.05, 0) is 5.92 Å². The van der Waals surface area contributed by atoms with Gasteiger partial charge in [-0.2, -0.15) is 0 Å². The first kappa shape index (κ1) is 18.6. The zero-order valence-electron chi connectivity index (χ0n) is 13.2. The van der Waals surface area contributed by atoms with Crippen molar-refractivity contribution in [2.75, 3.05) is 6.54 Å². The van der Waals surface area contributed by atoms with Crippen LogP contribution in [-0.4, -0.2) is 51.5 Å². The second kappa shape index (κ2) is 8.89. The highest BCUT2D eigenvalue weighted by molar-refractivity contribution is 5.91. The number of carboxylic acid groups (broad SMARTS) is 1. The van der Waals surface area contributed by atoms with Crippen LogP contribution in [-0.2, 0) is 20.8 Å². The molecule has 1 rings (SSSR count). The summed E-state index contributed by atoms with van der Waals surface area (Å²) in [4.78, 5) is 41.9. The number of amides is 2. The van der Waals surface area contributed by atoms with E-state index in [2.05, 4.69) is 20.6 Å². The molecule has 9 nitrogen and oxygen atoms in total. The third-order valence-electron chi connectivity index (χ3n) is 3.59. The summed E-state index contributed by atoms with van der Waals surface area (Å²) in [6.07, 6.45) is 3.73. The number of aromatic amines is 1. The number of aliphatic carboxylic acids is 1. The molecule has 0 aliphatic carbocycles. The maximum atomic E-state index is 12.4. The van der Waals surface area contributed by atoms with E-state index in [-0.39, 0.29) is 18.9 Å². The van der Waals surface area contributed by atoms with E-state index in [1.54, 1.807) is 6.92 Å². The van der Waals surface area contributed by atoms with Gasteiger partial charge in [-0.25, -0.2) is 9.78 Å². The van der Waals surface area contributed by atoms with Gasteiger partial charge in [0.2, 0.25) is 11.8 Å². The number of carbonyl (C=O) groups is 3. The summed E-state index contributed by atoms with van der Waals surface area (Å²) in [5, 5.41) is 14.2. The number of carboxylic acids is 1. The molecule has 0 unspecified atom stereocenters. The molecule has 6 N–H and O–H groups in total. The van der Waals surface area contributed by atoms with Crippen molar-refractivity contribution >= 4 is 17.8 Å². The molecule has 0 saturated heterocycles. The fourth-order valence-electron chi connectivity index (χ4n) is 2.02. The molecule has 9 heteroatoms. The summed E-state index contributed by atoms with van der Waals surface area (Å²) in [6, 6.07) is -1.95. The third kappa shape index (κ3) is 5.70. The Balaban J connectivity index is 2.84. The van der Waals surface area contributed by atoms with E-state index >= 15 is 0 Å². The van der Waals surface area contributed by atoms with Crippen molar-refractivity contribution in [1.82, 2.24) is 20.6 Å². The van der Waals surface area contributed by atoms with Crippen molar-refractivity contribution in [2.45, 2.75) is 38.8 Å². The number of imidazole rings is 1. The zero-order chi connectivity index (χ0) is 17.4. The number of nitrogens with one attached hydrogen (secondary N) is 3. The van der Waals surface area contributed by atoms with Gasteiger partial charge >= 0.3 is 5.97 Å². The molecular weight excluding hydrogens is 302 g/mol. The highest BCUT2D eigenvalue weighted by atomic mass is 16.4. The molecule has 23 heavy (non-hydrogen) atoms. The minimum atomic E-state index is -1.11. The van der Waals surface area contributed by atoms with Crippen LogP contribution in [0.5, 0.6) is 0 Å². The van der Waals surface area contributed by atoms with Crippen LogP contribution in [0.2, 0.25) is 0 Å². The number of aromatic nitrogens is 2. The molecule has 0 saturated carbocycles. The second-order valence-corrected chi connectivity index (χ2v) is 5.32. The Labute approximate surface area is 134 Å². The third-order valence-corrected chi connectivity index (χ3v) is 3.59. The fraction of sp³-hybridized carbons (Fsp3) is 0.571. The van der Waals surface area contributed by atoms with Crippen molar-refractivity contribution < 1.29 is 19.5 Å². The van der Waals surface area contributed by atoms with Gasteiger partial charge in [0.1, 0.15) is 12.1 Å². The number of carbonyl (C=O) groups excluding carboxylic acids is 2. The van der Waals surface area contributed by atoms with E-state index in [0.29, 0.717) is 12.1 Å². The van der Waals surface area contributed by atoms with Crippen LogP contribution in [0.1, 0.15) is 26.0 Å². The van der Waals surface area contributed by atoms with Crippen molar-refractivity contribution in [3.63, 3.8) is 0 Å². The first-order valence-corrected chi connectivity index (χ1v) is 7.38. The smallest absolute Gasteiger partial charge is 0.326 e. The Morgan fingerprint density at radius 1 is 1.39 bits per heavy atom. The molecule has 3 atom stereocenters. The number of nitrogens with two attached hydrogens (primary N) is 1. The molecule has 0 fully saturated rings. The summed E-state index contributed by atoms with van der Waals surface area (Å²) >= 11 is 0. The molecule has 0 bridgehead atoms. The fourth-order valence-corrected chi connectivity index (χ4v) is 2.02. The first-order valence-electron chi connectivity index (χ1n) is 7.38. The Hall–Kier alpha value is -2.42. The Kier molecular flexibility index (Phi) is 7.20. The summed E-state index contributed by atoms with van der Waals surface area (Å²) in [5.41, 5.74) is 5.89. The average molecular weight is 325 g/mol. The Morgan fingerprint density at radius 2 is 2.09 bits per heavy atom. The van der Waals surface area contributed by atoms with Gasteiger partial charge in [-0.3, -0.25) is 9.59 Å². The van der Waals surface area contributed by atoms with Gasteiger partial charge in [0.15, 0.2) is 0 Å². The largest absolute Gasteiger partial charge is 0.480 e. The summed E-state index contributed by atoms with van der Waals surface area (Å²) in [7, 11) is 0. The maximum Gasteiger partial charge on any atom is 0.326 e. The SMILES string of the molecule is CC[C@H](C)[C@H](NC(=O)[C@H](Cc1cnc[nH]1)NC(=O)CN)C(=O)O. The summed E-state index contributed by atoms with van der Waals surface area (Å²) in [6.45, 7) is 3.31. The maximum absolute atomic E-state index is 12.4. The lowest BCUT2D eigenvalue weighted by Gasteiger charge is -2.24. The van der Waals surface area contributed by atoms with Crippen LogP contribution < -0.4 is 16.4 Å². The van der Waals surface area contributed by atoms with Gasteiger partial charge in [-0.1, -0.05) is 20.3 Å². The number of H-pyrrole nitrogens is 1. The average Bonchev–Trinajstić information content (AvgIpc) is 3.03. The van der Waals surface area contributed by atoms with Crippen LogP contribution in [0.25, 0.3) is 0 Å². The molecule has 1 aromatic heterocycles. The van der Waals surface area contributed by atoms with Crippen LogP contribution in [0.3, 0.4) is 0 Å². The van der Waals surface area contributed by atoms with Gasteiger partial charge < -0.3 is 26.5 Å². The lowest BCUT2D eigenvalue weighted by Crippen LogP contribution is -2.54. The Bertz CT molecular complexity index is 531. The lowest BCUT2D eigenvalue weighted by molar-refractivity contribution is -0.143. The predicted molar refractivity (Wildman–Crippen MR) is 82.3 cm³/mol. The number of hydrogen-bond acceptors (Lipinski definition) is 5. The monoisotopic (exact) mass is 325 g/mol. The summed E-state index contributed by atoms with van der Waals surface area (Å²) in [5.74, 6) is -2.43. The topological polar surface area (TPSA) is 150 Å². The summed E-state index contributed by atoms with van der Waals surface area (Å²) < 4.78 is 0. The quantitative estimate of drug-likeness (QED) is 0.393. The standard InChI is InChI=1S/C14H23N5O4/c1-3-8(2)12(14(22)23)19-13(21)10(18-11(20)5-15)4-9-6-16-7-17-9/h6-8,10,12H,3-5,15H2,1-2H3,(H,16,17)(H,18,20)(H,19,21)(H,22,23)/t8-,10-,12-/m0/s1. The van der Waals surface area contributed by atoms with Crippen molar-refractivity contribution in [2.24, 2.45) is 11.7 Å². The number of nitrogens with zero attached hydrogens (tertiary/aromatic N) is 1. The van der Waals surface area contributed by atoms with E-state index in [9.17, 15) is 19.5 Å². The van der Waals surface area contributed by atoms with Crippen molar-refractivity contribution in [3.8, 4) is 0 Å². The van der Waals surface area contributed by atoms with E-state index in [0.717, 1.165) is 0 Å². The van der Waals surface area contributed by atoms with Crippen LogP contribution in [0, 0.1) is 5.92 Å².